The first-order chi connectivity index (χ1) is 26.8. The van der Waals surface area contributed by atoms with Crippen molar-refractivity contribution in [2.75, 3.05) is 0 Å². The number of rotatable bonds is 6. The number of hydrogen-bond acceptors (Lipinski definition) is 3. The van der Waals surface area contributed by atoms with Crippen molar-refractivity contribution >= 4 is 22.3 Å². The number of nitrogens with one attached hydrogen (secondary N) is 1. The van der Waals surface area contributed by atoms with Crippen LogP contribution >= 0.6 is 0 Å². The fourth-order valence-electron chi connectivity index (χ4n) is 8.47. The molecule has 54 heavy (non-hydrogen) atoms. The van der Waals surface area contributed by atoms with Crippen molar-refractivity contribution in [3.8, 4) is 22.6 Å². The van der Waals surface area contributed by atoms with Gasteiger partial charge in [-0.1, -0.05) is 182 Å². The Bertz CT molecular complexity index is 2680. The molecular weight excluding hydrogens is 657 g/mol. The molecule has 256 valence electrons. The van der Waals surface area contributed by atoms with Crippen molar-refractivity contribution in [1.29, 1.82) is 0 Å². The van der Waals surface area contributed by atoms with Gasteiger partial charge < -0.3 is 10.1 Å². The van der Waals surface area contributed by atoms with E-state index in [2.05, 4.69) is 206 Å². The Morgan fingerprint density at radius 3 is 1.83 bits per heavy atom. The van der Waals surface area contributed by atoms with Crippen LogP contribution in [0.3, 0.4) is 0 Å². The van der Waals surface area contributed by atoms with Gasteiger partial charge in [0, 0.05) is 22.4 Å². The number of ether oxygens (including phenoxy) is 1. The summed E-state index contributed by atoms with van der Waals surface area (Å²) < 4.78 is 6.61. The lowest BCUT2D eigenvalue weighted by molar-refractivity contribution is 0.434. The molecule has 0 spiro atoms. The van der Waals surface area contributed by atoms with Crippen LogP contribution in [0.25, 0.3) is 27.6 Å². The second kappa shape index (κ2) is 13.2. The highest BCUT2D eigenvalue weighted by molar-refractivity contribution is 6.05. The van der Waals surface area contributed by atoms with Gasteiger partial charge in [-0.05, 0) is 68.4 Å². The summed E-state index contributed by atoms with van der Waals surface area (Å²) in [7, 11) is 0. The molecule has 0 amide bonds. The number of benzene rings is 8. The summed E-state index contributed by atoms with van der Waals surface area (Å²) in [6.45, 7) is 0. The molecule has 2 aliphatic rings. The first kappa shape index (κ1) is 31.7. The minimum atomic E-state index is -0.631. The maximum absolute atomic E-state index is 6.61. The first-order valence-electron chi connectivity index (χ1n) is 18.5. The third kappa shape index (κ3) is 5.24. The molecule has 1 N–H and O–H groups in total. The molecule has 10 rings (SSSR count). The zero-order valence-electron chi connectivity index (χ0n) is 29.6. The normalized spacial score (nSPS) is 15.5. The van der Waals surface area contributed by atoms with E-state index in [0.717, 1.165) is 56.4 Å². The van der Waals surface area contributed by atoms with Gasteiger partial charge in [-0.2, -0.15) is 0 Å². The number of hydrogen-bond donors (Lipinski definition) is 1. The van der Waals surface area contributed by atoms with Gasteiger partial charge in [0.2, 0.25) is 0 Å². The lowest BCUT2D eigenvalue weighted by Crippen LogP contribution is -2.34. The highest BCUT2D eigenvalue weighted by atomic mass is 16.5. The summed E-state index contributed by atoms with van der Waals surface area (Å²) in [6.07, 6.45) is 2.27. The van der Waals surface area contributed by atoms with E-state index < -0.39 is 5.41 Å². The predicted molar refractivity (Wildman–Crippen MR) is 221 cm³/mol. The van der Waals surface area contributed by atoms with Crippen molar-refractivity contribution in [2.24, 2.45) is 4.99 Å². The van der Waals surface area contributed by atoms with E-state index in [-0.39, 0.29) is 6.04 Å². The van der Waals surface area contributed by atoms with E-state index in [1.54, 1.807) is 0 Å². The third-order valence-electron chi connectivity index (χ3n) is 10.9. The fourth-order valence-corrected chi connectivity index (χ4v) is 8.47. The van der Waals surface area contributed by atoms with Crippen LogP contribution in [-0.2, 0) is 5.41 Å². The lowest BCUT2D eigenvalue weighted by atomic mass is 9.62. The maximum atomic E-state index is 6.61. The molecule has 0 aliphatic carbocycles. The zero-order valence-corrected chi connectivity index (χ0v) is 29.6. The molecule has 8 aromatic rings. The van der Waals surface area contributed by atoms with Crippen molar-refractivity contribution < 1.29 is 4.74 Å². The summed E-state index contributed by atoms with van der Waals surface area (Å²) in [5, 5.41) is 6.17. The third-order valence-corrected chi connectivity index (χ3v) is 10.9. The smallest absolute Gasteiger partial charge is 0.133 e. The number of para-hydroxylation sites is 2. The molecule has 0 saturated carbocycles. The molecule has 0 saturated heterocycles. The van der Waals surface area contributed by atoms with Crippen LogP contribution in [0.2, 0.25) is 0 Å². The van der Waals surface area contributed by atoms with Gasteiger partial charge in [-0.3, -0.25) is 4.99 Å². The molecule has 0 radical (unpaired) electrons. The molecule has 0 bridgehead atoms. The van der Waals surface area contributed by atoms with Gasteiger partial charge >= 0.3 is 0 Å². The van der Waals surface area contributed by atoms with Gasteiger partial charge in [0.15, 0.2) is 0 Å². The van der Waals surface area contributed by atoms with Crippen LogP contribution in [-0.4, -0.2) is 5.84 Å². The molecule has 2 aliphatic heterocycles. The highest BCUT2D eigenvalue weighted by Gasteiger charge is 2.46. The minimum Gasteiger partial charge on any atom is -0.457 e. The lowest BCUT2D eigenvalue weighted by Gasteiger charge is -2.42. The minimum absolute atomic E-state index is 0.171. The van der Waals surface area contributed by atoms with Gasteiger partial charge in [-0.15, -0.1) is 0 Å². The standard InChI is InChI=1S/C51H36N2O/c1-3-18-36(19-4-1)50-52-46(34-47(53-50)42-27-16-20-35-17-7-8-25-40(35)42)38-22-15-21-37(33-38)41-26-9-10-28-43(41)51(39-23-5-2-6-24-39)44-29-11-13-31-48(44)54-49-32-14-12-30-45(49)51/h1-34,47H,(H,52,53). The highest BCUT2D eigenvalue weighted by Crippen LogP contribution is 2.56. The molecule has 3 heteroatoms. The Labute approximate surface area is 315 Å². The second-order valence-corrected chi connectivity index (χ2v) is 13.9. The Morgan fingerprint density at radius 2 is 1.06 bits per heavy atom. The molecule has 1 atom stereocenters. The molecule has 0 aromatic heterocycles. The average Bonchev–Trinajstić information content (AvgIpc) is 3.26. The molecular formula is C51H36N2O. The number of fused-ring (bicyclic) bond motifs is 3. The summed E-state index contributed by atoms with van der Waals surface area (Å²) in [6, 6.07) is 71.0. The Hall–Kier alpha value is -6.97. The number of nitrogens with zero attached hydrogens (tertiary/aromatic N) is 1. The van der Waals surface area contributed by atoms with Crippen molar-refractivity contribution in [2.45, 2.75) is 11.5 Å². The average molecular weight is 693 g/mol. The Morgan fingerprint density at radius 1 is 0.481 bits per heavy atom. The van der Waals surface area contributed by atoms with Crippen LogP contribution in [0.5, 0.6) is 11.5 Å². The molecule has 3 nitrogen and oxygen atoms in total. The van der Waals surface area contributed by atoms with Crippen LogP contribution < -0.4 is 10.1 Å². The molecule has 2 heterocycles. The zero-order chi connectivity index (χ0) is 35.9. The quantitative estimate of drug-likeness (QED) is 0.188. The number of aliphatic imine (C=N–C) groups is 1. The van der Waals surface area contributed by atoms with Crippen LogP contribution in [0.15, 0.2) is 211 Å². The van der Waals surface area contributed by atoms with Crippen molar-refractivity contribution in [1.82, 2.24) is 5.32 Å². The van der Waals surface area contributed by atoms with E-state index in [4.69, 9.17) is 9.73 Å². The Balaban J connectivity index is 1.16. The summed E-state index contributed by atoms with van der Waals surface area (Å²) in [4.78, 5) is 5.31. The van der Waals surface area contributed by atoms with Crippen LogP contribution in [0.1, 0.15) is 45.0 Å². The van der Waals surface area contributed by atoms with Gasteiger partial charge in [0.25, 0.3) is 0 Å². The second-order valence-electron chi connectivity index (χ2n) is 13.9. The summed E-state index contributed by atoms with van der Waals surface area (Å²) in [5.41, 5.74) is 10.7. The molecule has 8 aromatic carbocycles. The largest absolute Gasteiger partial charge is 0.457 e. The van der Waals surface area contributed by atoms with Gasteiger partial charge in [0.1, 0.15) is 17.3 Å². The topological polar surface area (TPSA) is 33.6 Å². The van der Waals surface area contributed by atoms with E-state index in [9.17, 15) is 0 Å². The SMILES string of the molecule is C1=C(c2cccc(-c3ccccc3C3(c4ccccc4)c4ccccc4Oc4ccccc43)c2)NC(c2ccccc2)=NC1c1cccc2ccccc12. The van der Waals surface area contributed by atoms with E-state index >= 15 is 0 Å². The van der Waals surface area contributed by atoms with Crippen molar-refractivity contribution in [3.63, 3.8) is 0 Å². The summed E-state index contributed by atoms with van der Waals surface area (Å²) >= 11 is 0. The monoisotopic (exact) mass is 692 g/mol. The van der Waals surface area contributed by atoms with E-state index in [1.807, 2.05) is 6.07 Å². The Kier molecular flexibility index (Phi) is 7.77. The first-order valence-corrected chi connectivity index (χ1v) is 18.5. The molecule has 0 fully saturated rings. The summed E-state index contributed by atoms with van der Waals surface area (Å²) in [5.74, 6) is 2.59. The molecule has 1 unspecified atom stereocenters. The van der Waals surface area contributed by atoms with Crippen LogP contribution in [0.4, 0.5) is 0 Å². The maximum Gasteiger partial charge on any atom is 0.133 e. The predicted octanol–water partition coefficient (Wildman–Crippen LogP) is 12.1. The van der Waals surface area contributed by atoms with Crippen molar-refractivity contribution in [3.05, 3.63) is 245 Å². The fraction of sp³-hybridized carbons (Fsp3) is 0.0392. The van der Waals surface area contributed by atoms with Gasteiger partial charge in [0.05, 0.1) is 11.5 Å². The van der Waals surface area contributed by atoms with E-state index in [0.29, 0.717) is 0 Å². The number of amidine groups is 1. The van der Waals surface area contributed by atoms with Gasteiger partial charge in [-0.25, -0.2) is 0 Å². The van der Waals surface area contributed by atoms with Crippen LogP contribution in [0, 0.1) is 0 Å². The van der Waals surface area contributed by atoms with E-state index in [1.165, 1.54) is 27.5 Å².